The highest BCUT2D eigenvalue weighted by molar-refractivity contribution is 5.27. The van der Waals surface area contributed by atoms with Gasteiger partial charge in [-0.25, -0.2) is 5.26 Å². The first-order valence-electron chi connectivity index (χ1n) is 5.35. The molecule has 1 N–H and O–H groups in total. The highest BCUT2D eigenvalue weighted by Crippen LogP contribution is 2.20. The van der Waals surface area contributed by atoms with Gasteiger partial charge in [-0.1, -0.05) is 0 Å². The van der Waals surface area contributed by atoms with E-state index in [4.69, 9.17) is 14.7 Å². The standard InChI is InChI=1S/C11H15NO4/c13-16-11-5-10(6-12-7-11)15-8-9-1-3-14-4-2-9/h5-7,9,13H,1-4,8H2. The van der Waals surface area contributed by atoms with Crippen LogP contribution >= 0.6 is 0 Å². The van der Waals surface area contributed by atoms with E-state index in [1.165, 1.54) is 6.20 Å². The maximum Gasteiger partial charge on any atom is 0.187 e. The Kier molecular flexibility index (Phi) is 3.96. The van der Waals surface area contributed by atoms with Crippen LogP contribution in [-0.4, -0.2) is 30.1 Å². The van der Waals surface area contributed by atoms with Crippen LogP contribution in [0.3, 0.4) is 0 Å². The summed E-state index contributed by atoms with van der Waals surface area (Å²) in [6.07, 6.45) is 5.08. The fourth-order valence-electron chi connectivity index (χ4n) is 1.65. The summed E-state index contributed by atoms with van der Waals surface area (Å²) in [5.74, 6) is 1.43. The molecular weight excluding hydrogens is 210 g/mol. The van der Waals surface area contributed by atoms with E-state index in [1.54, 1.807) is 12.3 Å². The number of hydrogen-bond donors (Lipinski definition) is 1. The summed E-state index contributed by atoms with van der Waals surface area (Å²) < 4.78 is 10.8. The first-order valence-corrected chi connectivity index (χ1v) is 5.35. The van der Waals surface area contributed by atoms with Crippen molar-refractivity contribution in [3.05, 3.63) is 18.5 Å². The van der Waals surface area contributed by atoms with Gasteiger partial charge in [0, 0.05) is 19.3 Å². The number of pyridine rings is 1. The molecule has 0 atom stereocenters. The maximum absolute atomic E-state index is 8.47. The van der Waals surface area contributed by atoms with Crippen LogP contribution in [0.4, 0.5) is 0 Å². The van der Waals surface area contributed by atoms with Crippen LogP contribution in [0.2, 0.25) is 0 Å². The fourth-order valence-corrected chi connectivity index (χ4v) is 1.65. The van der Waals surface area contributed by atoms with Gasteiger partial charge in [-0.2, -0.15) is 0 Å². The molecule has 0 amide bonds. The van der Waals surface area contributed by atoms with Crippen molar-refractivity contribution in [3.8, 4) is 11.5 Å². The van der Waals surface area contributed by atoms with Crippen molar-refractivity contribution >= 4 is 0 Å². The molecule has 5 nitrogen and oxygen atoms in total. The van der Waals surface area contributed by atoms with E-state index in [9.17, 15) is 0 Å². The lowest BCUT2D eigenvalue weighted by molar-refractivity contribution is -0.138. The Morgan fingerprint density at radius 2 is 2.06 bits per heavy atom. The van der Waals surface area contributed by atoms with Gasteiger partial charge in [0.2, 0.25) is 0 Å². The van der Waals surface area contributed by atoms with Gasteiger partial charge in [0.15, 0.2) is 5.75 Å². The van der Waals surface area contributed by atoms with Crippen LogP contribution in [0.15, 0.2) is 18.5 Å². The highest BCUT2D eigenvalue weighted by atomic mass is 17.1. The van der Waals surface area contributed by atoms with Gasteiger partial charge in [-0.15, -0.1) is 0 Å². The quantitative estimate of drug-likeness (QED) is 0.624. The van der Waals surface area contributed by atoms with Gasteiger partial charge < -0.3 is 14.4 Å². The van der Waals surface area contributed by atoms with E-state index in [0.29, 0.717) is 18.3 Å². The Morgan fingerprint density at radius 1 is 1.31 bits per heavy atom. The molecule has 5 heteroatoms. The Bertz CT molecular complexity index is 326. The van der Waals surface area contributed by atoms with Gasteiger partial charge in [0.25, 0.3) is 0 Å². The second-order valence-corrected chi connectivity index (χ2v) is 3.81. The summed E-state index contributed by atoms with van der Waals surface area (Å²) in [6.45, 7) is 2.28. The summed E-state index contributed by atoms with van der Waals surface area (Å²) in [4.78, 5) is 7.97. The molecule has 16 heavy (non-hydrogen) atoms. The van der Waals surface area contributed by atoms with Crippen molar-refractivity contribution < 1.29 is 19.6 Å². The van der Waals surface area contributed by atoms with Crippen molar-refractivity contribution in [2.45, 2.75) is 12.8 Å². The van der Waals surface area contributed by atoms with Crippen LogP contribution in [0.5, 0.6) is 11.5 Å². The molecule has 0 radical (unpaired) electrons. The van der Waals surface area contributed by atoms with Crippen LogP contribution in [0.25, 0.3) is 0 Å². The average molecular weight is 225 g/mol. The van der Waals surface area contributed by atoms with E-state index in [1.807, 2.05) is 0 Å². The molecule has 0 bridgehead atoms. The molecule has 1 aromatic rings. The van der Waals surface area contributed by atoms with Crippen molar-refractivity contribution in [1.29, 1.82) is 0 Å². The smallest absolute Gasteiger partial charge is 0.187 e. The van der Waals surface area contributed by atoms with Crippen molar-refractivity contribution in [2.24, 2.45) is 5.92 Å². The van der Waals surface area contributed by atoms with Crippen molar-refractivity contribution in [2.75, 3.05) is 19.8 Å². The van der Waals surface area contributed by atoms with E-state index in [2.05, 4.69) is 9.87 Å². The molecule has 0 aliphatic carbocycles. The van der Waals surface area contributed by atoms with Gasteiger partial charge in [0.1, 0.15) is 5.75 Å². The lowest BCUT2D eigenvalue weighted by atomic mass is 10.0. The zero-order chi connectivity index (χ0) is 11.2. The molecule has 88 valence electrons. The predicted octanol–water partition coefficient (Wildman–Crippen LogP) is 1.74. The second kappa shape index (κ2) is 5.67. The zero-order valence-corrected chi connectivity index (χ0v) is 8.96. The zero-order valence-electron chi connectivity index (χ0n) is 8.96. The first-order chi connectivity index (χ1) is 7.88. The Balaban J connectivity index is 1.83. The average Bonchev–Trinajstić information content (AvgIpc) is 2.38. The number of ether oxygens (including phenoxy) is 2. The lowest BCUT2D eigenvalue weighted by Gasteiger charge is -2.21. The molecule has 2 rings (SSSR count). The normalized spacial score (nSPS) is 17.1. The maximum atomic E-state index is 8.47. The molecule has 1 fully saturated rings. The second-order valence-electron chi connectivity index (χ2n) is 3.81. The Morgan fingerprint density at radius 3 is 2.81 bits per heavy atom. The number of aromatic nitrogens is 1. The lowest BCUT2D eigenvalue weighted by Crippen LogP contribution is -2.21. The molecule has 1 aliphatic rings. The molecule has 1 saturated heterocycles. The number of rotatable bonds is 4. The molecule has 1 aromatic heterocycles. The fraction of sp³-hybridized carbons (Fsp3) is 0.545. The first kappa shape index (κ1) is 11.2. The van der Waals surface area contributed by atoms with Gasteiger partial charge in [-0.05, 0) is 18.8 Å². The van der Waals surface area contributed by atoms with Crippen LogP contribution in [0.1, 0.15) is 12.8 Å². The summed E-state index contributed by atoms with van der Waals surface area (Å²) in [6, 6.07) is 1.60. The van der Waals surface area contributed by atoms with Crippen LogP contribution in [-0.2, 0) is 4.74 Å². The van der Waals surface area contributed by atoms with Gasteiger partial charge in [0.05, 0.1) is 19.0 Å². The van der Waals surface area contributed by atoms with Crippen LogP contribution < -0.4 is 9.62 Å². The molecule has 0 spiro atoms. The predicted molar refractivity (Wildman–Crippen MR) is 56.5 cm³/mol. The Labute approximate surface area is 93.9 Å². The molecular formula is C11H15NO4. The van der Waals surface area contributed by atoms with Crippen LogP contribution in [0, 0.1) is 5.92 Å². The van der Waals surface area contributed by atoms with E-state index in [-0.39, 0.29) is 5.75 Å². The Hall–Kier alpha value is -1.33. The summed E-state index contributed by atoms with van der Waals surface area (Å²) >= 11 is 0. The molecule has 0 unspecified atom stereocenters. The van der Waals surface area contributed by atoms with E-state index < -0.39 is 0 Å². The van der Waals surface area contributed by atoms with E-state index >= 15 is 0 Å². The third kappa shape index (κ3) is 3.08. The van der Waals surface area contributed by atoms with Crippen molar-refractivity contribution in [3.63, 3.8) is 0 Å². The van der Waals surface area contributed by atoms with E-state index in [0.717, 1.165) is 26.1 Å². The number of nitrogens with zero attached hydrogens (tertiary/aromatic N) is 1. The summed E-state index contributed by atoms with van der Waals surface area (Å²) in [5, 5.41) is 8.47. The summed E-state index contributed by atoms with van der Waals surface area (Å²) in [5.41, 5.74) is 0. The minimum Gasteiger partial charge on any atom is -0.492 e. The highest BCUT2D eigenvalue weighted by Gasteiger charge is 2.14. The van der Waals surface area contributed by atoms with Gasteiger partial charge in [-0.3, -0.25) is 4.98 Å². The molecule has 2 heterocycles. The SMILES string of the molecule is OOc1cncc(OCC2CCOCC2)c1. The monoisotopic (exact) mass is 225 g/mol. The third-order valence-corrected chi connectivity index (χ3v) is 2.62. The topological polar surface area (TPSA) is 60.8 Å². The minimum absolute atomic E-state index is 0.282. The molecule has 0 aromatic carbocycles. The van der Waals surface area contributed by atoms with Gasteiger partial charge >= 0.3 is 0 Å². The number of hydrogen-bond acceptors (Lipinski definition) is 5. The molecule has 0 saturated carbocycles. The minimum atomic E-state index is 0.282. The molecule has 1 aliphatic heterocycles. The third-order valence-electron chi connectivity index (χ3n) is 2.62. The largest absolute Gasteiger partial charge is 0.492 e. The summed E-state index contributed by atoms with van der Waals surface area (Å²) in [7, 11) is 0. The van der Waals surface area contributed by atoms with Crippen molar-refractivity contribution in [1.82, 2.24) is 4.98 Å².